The van der Waals surface area contributed by atoms with E-state index in [-0.39, 0.29) is 0 Å². The number of nitrogens with one attached hydrogen (secondary N) is 1. The first-order valence-corrected chi connectivity index (χ1v) is 6.37. The second-order valence-corrected chi connectivity index (χ2v) is 6.04. The van der Waals surface area contributed by atoms with Gasteiger partial charge in [0.1, 0.15) is 0 Å². The highest BCUT2D eigenvalue weighted by Crippen LogP contribution is 2.24. The molecule has 3 nitrogen and oxygen atoms in total. The van der Waals surface area contributed by atoms with Gasteiger partial charge in [-0.1, -0.05) is 20.8 Å². The van der Waals surface area contributed by atoms with Crippen LogP contribution in [0, 0.1) is 12.3 Å². The minimum Gasteiger partial charge on any atom is -0.367 e. The average molecular weight is 233 g/mol. The van der Waals surface area contributed by atoms with E-state index in [4.69, 9.17) is 0 Å². The molecule has 0 radical (unpaired) electrons. The molecule has 2 rings (SSSR count). The second-order valence-electron chi connectivity index (χ2n) is 6.04. The van der Waals surface area contributed by atoms with E-state index in [1.165, 1.54) is 11.3 Å². The number of piperazine rings is 1. The van der Waals surface area contributed by atoms with Crippen LogP contribution < -0.4 is 10.2 Å². The monoisotopic (exact) mass is 233 g/mol. The van der Waals surface area contributed by atoms with Crippen LogP contribution in [-0.4, -0.2) is 30.7 Å². The van der Waals surface area contributed by atoms with Crippen LogP contribution in [0.25, 0.3) is 0 Å². The number of rotatable bonds is 1. The first-order chi connectivity index (χ1) is 7.97. The summed E-state index contributed by atoms with van der Waals surface area (Å²) in [7, 11) is 0. The van der Waals surface area contributed by atoms with Crippen molar-refractivity contribution < 1.29 is 0 Å². The molecule has 0 aromatic carbocycles. The SMILES string of the molecule is Cc1cncc(N2CCNC(C(C)(C)C)C2)c1. The molecule has 2 heterocycles. The zero-order valence-corrected chi connectivity index (χ0v) is 11.3. The van der Waals surface area contributed by atoms with Gasteiger partial charge >= 0.3 is 0 Å². The number of aromatic nitrogens is 1. The van der Waals surface area contributed by atoms with Crippen LogP contribution in [-0.2, 0) is 0 Å². The summed E-state index contributed by atoms with van der Waals surface area (Å²) in [5.41, 5.74) is 2.78. The molecule has 1 aromatic heterocycles. The first-order valence-electron chi connectivity index (χ1n) is 6.37. The summed E-state index contributed by atoms with van der Waals surface area (Å²) < 4.78 is 0. The summed E-state index contributed by atoms with van der Waals surface area (Å²) in [5.74, 6) is 0. The van der Waals surface area contributed by atoms with Crippen LogP contribution in [0.2, 0.25) is 0 Å². The van der Waals surface area contributed by atoms with Gasteiger partial charge in [-0.2, -0.15) is 0 Å². The molecule has 1 atom stereocenters. The molecule has 1 aromatic rings. The zero-order valence-electron chi connectivity index (χ0n) is 11.3. The van der Waals surface area contributed by atoms with Gasteiger partial charge in [0.2, 0.25) is 0 Å². The molecule has 3 heteroatoms. The Bertz CT molecular complexity index is 381. The van der Waals surface area contributed by atoms with Gasteiger partial charge in [-0.15, -0.1) is 0 Å². The quantitative estimate of drug-likeness (QED) is 0.806. The number of hydrogen-bond acceptors (Lipinski definition) is 3. The number of hydrogen-bond donors (Lipinski definition) is 1. The molecule has 0 aliphatic carbocycles. The summed E-state index contributed by atoms with van der Waals surface area (Å²) >= 11 is 0. The Balaban J connectivity index is 2.12. The highest BCUT2D eigenvalue weighted by atomic mass is 15.2. The van der Waals surface area contributed by atoms with Gasteiger partial charge < -0.3 is 10.2 Å². The summed E-state index contributed by atoms with van der Waals surface area (Å²) in [6.45, 7) is 12.2. The van der Waals surface area contributed by atoms with Gasteiger partial charge in [0.25, 0.3) is 0 Å². The van der Waals surface area contributed by atoms with Crippen LogP contribution in [0.5, 0.6) is 0 Å². The van der Waals surface area contributed by atoms with E-state index < -0.39 is 0 Å². The summed E-state index contributed by atoms with van der Waals surface area (Å²) in [6.07, 6.45) is 3.88. The molecule has 1 saturated heterocycles. The van der Waals surface area contributed by atoms with Crippen molar-refractivity contribution in [2.75, 3.05) is 24.5 Å². The first kappa shape index (κ1) is 12.4. The molecule has 1 fully saturated rings. The van der Waals surface area contributed by atoms with Crippen LogP contribution in [0.4, 0.5) is 5.69 Å². The molecular formula is C14H23N3. The van der Waals surface area contributed by atoms with Gasteiger partial charge in [-0.05, 0) is 24.0 Å². The van der Waals surface area contributed by atoms with E-state index in [1.807, 2.05) is 12.4 Å². The normalized spacial score (nSPS) is 21.6. The Hall–Kier alpha value is -1.09. The molecule has 94 valence electrons. The summed E-state index contributed by atoms with van der Waals surface area (Å²) in [6, 6.07) is 2.76. The van der Waals surface area contributed by atoms with Crippen LogP contribution in [0.1, 0.15) is 26.3 Å². The highest BCUT2D eigenvalue weighted by Gasteiger charge is 2.29. The van der Waals surface area contributed by atoms with Crippen LogP contribution in [0.3, 0.4) is 0 Å². The standard InChI is InChI=1S/C14H23N3/c1-11-7-12(9-15-8-11)17-6-5-16-13(10-17)14(2,3)4/h7-9,13,16H,5-6,10H2,1-4H3. The highest BCUT2D eigenvalue weighted by molar-refractivity contribution is 5.46. The fourth-order valence-electron chi connectivity index (χ4n) is 2.28. The number of anilines is 1. The lowest BCUT2D eigenvalue weighted by atomic mass is 9.85. The molecule has 1 N–H and O–H groups in total. The van der Waals surface area contributed by atoms with Gasteiger partial charge in [0.05, 0.1) is 11.9 Å². The van der Waals surface area contributed by atoms with E-state index in [1.54, 1.807) is 0 Å². The smallest absolute Gasteiger partial charge is 0.0556 e. The largest absolute Gasteiger partial charge is 0.367 e. The van der Waals surface area contributed by atoms with E-state index >= 15 is 0 Å². The zero-order chi connectivity index (χ0) is 12.5. The fourth-order valence-corrected chi connectivity index (χ4v) is 2.28. The molecule has 0 amide bonds. The third-order valence-electron chi connectivity index (χ3n) is 3.45. The Morgan fingerprint density at radius 1 is 1.35 bits per heavy atom. The van der Waals surface area contributed by atoms with Crippen molar-refractivity contribution in [2.45, 2.75) is 33.7 Å². The number of aryl methyl sites for hydroxylation is 1. The Labute approximate surface area is 104 Å². The average Bonchev–Trinajstić information content (AvgIpc) is 2.28. The predicted molar refractivity (Wildman–Crippen MR) is 72.4 cm³/mol. The van der Waals surface area contributed by atoms with Gasteiger partial charge in [-0.3, -0.25) is 4.98 Å². The molecule has 0 bridgehead atoms. The maximum Gasteiger partial charge on any atom is 0.0556 e. The van der Waals surface area contributed by atoms with Crippen molar-refractivity contribution in [3.8, 4) is 0 Å². The van der Waals surface area contributed by atoms with Crippen molar-refractivity contribution in [2.24, 2.45) is 5.41 Å². The Kier molecular flexibility index (Phi) is 3.38. The van der Waals surface area contributed by atoms with E-state index in [9.17, 15) is 0 Å². The third kappa shape index (κ3) is 2.97. The van der Waals surface area contributed by atoms with Gasteiger partial charge in [0.15, 0.2) is 0 Å². The minimum atomic E-state index is 0.302. The number of pyridine rings is 1. The molecular weight excluding hydrogens is 210 g/mol. The summed E-state index contributed by atoms with van der Waals surface area (Å²) in [5, 5.41) is 3.61. The van der Waals surface area contributed by atoms with Crippen molar-refractivity contribution in [3.05, 3.63) is 24.0 Å². The third-order valence-corrected chi connectivity index (χ3v) is 3.45. The molecule has 17 heavy (non-hydrogen) atoms. The molecule has 0 spiro atoms. The Morgan fingerprint density at radius 2 is 2.12 bits per heavy atom. The Morgan fingerprint density at radius 3 is 2.76 bits per heavy atom. The van der Waals surface area contributed by atoms with Crippen LogP contribution in [0.15, 0.2) is 18.5 Å². The lowest BCUT2D eigenvalue weighted by Crippen LogP contribution is -2.56. The van der Waals surface area contributed by atoms with Crippen molar-refractivity contribution >= 4 is 5.69 Å². The molecule has 1 aliphatic rings. The fraction of sp³-hybridized carbons (Fsp3) is 0.643. The van der Waals surface area contributed by atoms with Crippen LogP contribution >= 0.6 is 0 Å². The van der Waals surface area contributed by atoms with Crippen molar-refractivity contribution in [3.63, 3.8) is 0 Å². The summed E-state index contributed by atoms with van der Waals surface area (Å²) in [4.78, 5) is 6.72. The van der Waals surface area contributed by atoms with Crippen molar-refractivity contribution in [1.82, 2.24) is 10.3 Å². The van der Waals surface area contributed by atoms with Gasteiger partial charge in [0, 0.05) is 31.9 Å². The molecule has 0 saturated carbocycles. The predicted octanol–water partition coefficient (Wildman–Crippen LogP) is 2.21. The lowest BCUT2D eigenvalue weighted by Gasteiger charge is -2.41. The molecule has 1 aliphatic heterocycles. The second kappa shape index (κ2) is 4.65. The van der Waals surface area contributed by atoms with E-state index in [0.29, 0.717) is 11.5 Å². The van der Waals surface area contributed by atoms with Gasteiger partial charge in [-0.25, -0.2) is 0 Å². The van der Waals surface area contributed by atoms with Crippen molar-refractivity contribution in [1.29, 1.82) is 0 Å². The lowest BCUT2D eigenvalue weighted by molar-refractivity contribution is 0.254. The number of nitrogens with zero attached hydrogens (tertiary/aromatic N) is 2. The maximum absolute atomic E-state index is 4.28. The van der Waals surface area contributed by atoms with E-state index in [0.717, 1.165) is 19.6 Å². The molecule has 1 unspecified atom stereocenters. The topological polar surface area (TPSA) is 28.2 Å². The minimum absolute atomic E-state index is 0.302. The van der Waals surface area contributed by atoms with E-state index in [2.05, 4.69) is 49.0 Å². The maximum atomic E-state index is 4.28.